The number of methoxy groups -OCH3 is 1. The minimum atomic E-state index is -0.895. The second kappa shape index (κ2) is 7.63. The standard InChI is InChI=1S/C14H18O4/c1-18-14(17)10-13(16)9-12(15)8-7-11-5-3-2-4-6-11/h2-8,12-13,15-16H,9-10H2,1H3/b8-7+/t12-,13-/m1/s1. The molecular formula is C14H18O4. The number of hydrogen-bond donors (Lipinski definition) is 2. The number of aliphatic hydroxyl groups is 2. The fourth-order valence-corrected chi connectivity index (χ4v) is 1.50. The molecule has 2 atom stereocenters. The van der Waals surface area contributed by atoms with Gasteiger partial charge in [0.05, 0.1) is 25.7 Å². The second-order valence-electron chi connectivity index (χ2n) is 4.01. The van der Waals surface area contributed by atoms with Crippen molar-refractivity contribution in [1.29, 1.82) is 0 Å². The number of esters is 1. The quantitative estimate of drug-likeness (QED) is 0.748. The van der Waals surface area contributed by atoms with E-state index < -0.39 is 18.2 Å². The third-order valence-electron chi connectivity index (χ3n) is 2.45. The molecule has 0 unspecified atom stereocenters. The minimum Gasteiger partial charge on any atom is -0.469 e. The van der Waals surface area contributed by atoms with Crippen LogP contribution in [0.3, 0.4) is 0 Å². The Bertz CT molecular complexity index is 386. The van der Waals surface area contributed by atoms with Gasteiger partial charge in [-0.2, -0.15) is 0 Å². The molecule has 98 valence electrons. The van der Waals surface area contributed by atoms with Crippen molar-refractivity contribution in [2.75, 3.05) is 7.11 Å². The highest BCUT2D eigenvalue weighted by molar-refractivity contribution is 5.69. The van der Waals surface area contributed by atoms with E-state index in [1.807, 2.05) is 30.3 Å². The zero-order chi connectivity index (χ0) is 13.4. The van der Waals surface area contributed by atoms with Gasteiger partial charge in [-0.25, -0.2) is 0 Å². The molecule has 0 amide bonds. The molecule has 18 heavy (non-hydrogen) atoms. The van der Waals surface area contributed by atoms with Crippen molar-refractivity contribution in [2.45, 2.75) is 25.0 Å². The lowest BCUT2D eigenvalue weighted by molar-refractivity contribution is -0.143. The first-order valence-electron chi connectivity index (χ1n) is 5.78. The summed E-state index contributed by atoms with van der Waals surface area (Å²) in [7, 11) is 1.26. The number of ether oxygens (including phenoxy) is 1. The van der Waals surface area contributed by atoms with Crippen LogP contribution in [0.4, 0.5) is 0 Å². The van der Waals surface area contributed by atoms with E-state index in [-0.39, 0.29) is 12.8 Å². The van der Waals surface area contributed by atoms with Crippen LogP contribution in [0.25, 0.3) is 6.08 Å². The van der Waals surface area contributed by atoms with Gasteiger partial charge in [0.25, 0.3) is 0 Å². The van der Waals surface area contributed by atoms with E-state index in [9.17, 15) is 15.0 Å². The summed E-state index contributed by atoms with van der Waals surface area (Å²) in [5.74, 6) is -0.485. The second-order valence-corrected chi connectivity index (χ2v) is 4.01. The van der Waals surface area contributed by atoms with Gasteiger partial charge in [0, 0.05) is 6.42 Å². The third kappa shape index (κ3) is 5.61. The Morgan fingerprint density at radius 1 is 1.33 bits per heavy atom. The van der Waals surface area contributed by atoms with Gasteiger partial charge >= 0.3 is 5.97 Å². The Kier molecular flexibility index (Phi) is 6.11. The summed E-state index contributed by atoms with van der Waals surface area (Å²) in [6, 6.07) is 9.53. The summed E-state index contributed by atoms with van der Waals surface area (Å²) in [5, 5.41) is 19.2. The van der Waals surface area contributed by atoms with E-state index in [1.165, 1.54) is 7.11 Å². The molecule has 0 radical (unpaired) electrons. The van der Waals surface area contributed by atoms with E-state index in [0.717, 1.165) is 5.56 Å². The fourth-order valence-electron chi connectivity index (χ4n) is 1.50. The molecule has 0 aromatic heterocycles. The topological polar surface area (TPSA) is 66.8 Å². The van der Waals surface area contributed by atoms with Gasteiger partial charge in [-0.15, -0.1) is 0 Å². The van der Waals surface area contributed by atoms with Gasteiger partial charge in [-0.1, -0.05) is 42.5 Å². The van der Waals surface area contributed by atoms with Crippen LogP contribution < -0.4 is 0 Å². The van der Waals surface area contributed by atoms with Crippen LogP contribution in [0.15, 0.2) is 36.4 Å². The van der Waals surface area contributed by atoms with Crippen LogP contribution in [-0.2, 0) is 9.53 Å². The highest BCUT2D eigenvalue weighted by atomic mass is 16.5. The average molecular weight is 250 g/mol. The van der Waals surface area contributed by atoms with Crippen molar-refractivity contribution in [3.05, 3.63) is 42.0 Å². The zero-order valence-electron chi connectivity index (χ0n) is 10.3. The Hall–Kier alpha value is -1.65. The smallest absolute Gasteiger partial charge is 0.308 e. The number of aliphatic hydroxyl groups excluding tert-OH is 2. The van der Waals surface area contributed by atoms with Crippen molar-refractivity contribution >= 4 is 12.0 Å². The summed E-state index contributed by atoms with van der Waals surface area (Å²) >= 11 is 0. The maximum absolute atomic E-state index is 10.9. The lowest BCUT2D eigenvalue weighted by atomic mass is 10.1. The first-order chi connectivity index (χ1) is 8.61. The van der Waals surface area contributed by atoms with Crippen molar-refractivity contribution in [3.63, 3.8) is 0 Å². The molecule has 0 fully saturated rings. The van der Waals surface area contributed by atoms with E-state index in [0.29, 0.717) is 0 Å². The molecular weight excluding hydrogens is 232 g/mol. The number of rotatable bonds is 6. The highest BCUT2D eigenvalue weighted by Crippen LogP contribution is 2.07. The molecule has 1 aromatic rings. The number of carbonyl (C=O) groups is 1. The Morgan fingerprint density at radius 2 is 2.00 bits per heavy atom. The normalized spacial score (nSPS) is 14.4. The molecule has 0 saturated carbocycles. The van der Waals surface area contributed by atoms with Gasteiger partial charge in [0.1, 0.15) is 0 Å². The average Bonchev–Trinajstić information content (AvgIpc) is 2.37. The highest BCUT2D eigenvalue weighted by Gasteiger charge is 2.14. The Balaban J connectivity index is 2.39. The monoisotopic (exact) mass is 250 g/mol. The predicted octanol–water partition coefficient (Wildman–Crippen LogP) is 1.37. The Labute approximate surface area is 107 Å². The molecule has 0 aliphatic rings. The largest absolute Gasteiger partial charge is 0.469 e. The number of hydrogen-bond acceptors (Lipinski definition) is 4. The predicted molar refractivity (Wildman–Crippen MR) is 68.7 cm³/mol. The minimum absolute atomic E-state index is 0.104. The first kappa shape index (κ1) is 14.4. The van der Waals surface area contributed by atoms with Gasteiger partial charge < -0.3 is 14.9 Å². The molecule has 0 aliphatic carbocycles. The molecule has 4 heteroatoms. The van der Waals surface area contributed by atoms with Crippen LogP contribution in [-0.4, -0.2) is 35.5 Å². The van der Waals surface area contributed by atoms with Crippen molar-refractivity contribution < 1.29 is 19.7 Å². The van der Waals surface area contributed by atoms with E-state index in [1.54, 1.807) is 12.2 Å². The van der Waals surface area contributed by atoms with E-state index in [4.69, 9.17) is 0 Å². The fraction of sp³-hybridized carbons (Fsp3) is 0.357. The van der Waals surface area contributed by atoms with Crippen LogP contribution in [0.1, 0.15) is 18.4 Å². The van der Waals surface area contributed by atoms with Crippen molar-refractivity contribution in [3.8, 4) is 0 Å². The van der Waals surface area contributed by atoms with Gasteiger partial charge in [-0.05, 0) is 5.56 Å². The zero-order valence-corrected chi connectivity index (χ0v) is 10.3. The lowest BCUT2D eigenvalue weighted by Crippen LogP contribution is -2.20. The van der Waals surface area contributed by atoms with Crippen LogP contribution in [0.2, 0.25) is 0 Å². The summed E-state index contributed by atoms with van der Waals surface area (Å²) in [6.45, 7) is 0. The molecule has 1 aromatic carbocycles. The lowest BCUT2D eigenvalue weighted by Gasteiger charge is -2.11. The van der Waals surface area contributed by atoms with Crippen LogP contribution >= 0.6 is 0 Å². The van der Waals surface area contributed by atoms with Gasteiger partial charge in [0.15, 0.2) is 0 Å². The maximum atomic E-state index is 10.9. The van der Waals surface area contributed by atoms with E-state index in [2.05, 4.69) is 4.74 Å². The van der Waals surface area contributed by atoms with Crippen LogP contribution in [0, 0.1) is 0 Å². The summed E-state index contributed by atoms with van der Waals surface area (Å²) in [6.07, 6.45) is 1.69. The summed E-state index contributed by atoms with van der Waals surface area (Å²) in [4.78, 5) is 10.9. The molecule has 0 bridgehead atoms. The number of carbonyl (C=O) groups excluding carboxylic acids is 1. The summed E-state index contributed by atoms with van der Waals surface area (Å²) in [5.41, 5.74) is 0.971. The molecule has 4 nitrogen and oxygen atoms in total. The van der Waals surface area contributed by atoms with Gasteiger partial charge in [-0.3, -0.25) is 4.79 Å². The molecule has 0 saturated heterocycles. The SMILES string of the molecule is COC(=O)C[C@H](O)C[C@H](O)/C=C/c1ccccc1. The Morgan fingerprint density at radius 3 is 2.61 bits per heavy atom. The third-order valence-corrected chi connectivity index (χ3v) is 2.45. The molecule has 0 heterocycles. The first-order valence-corrected chi connectivity index (χ1v) is 5.78. The molecule has 0 aliphatic heterocycles. The maximum Gasteiger partial charge on any atom is 0.308 e. The number of benzene rings is 1. The van der Waals surface area contributed by atoms with Crippen molar-refractivity contribution in [1.82, 2.24) is 0 Å². The van der Waals surface area contributed by atoms with Crippen molar-refractivity contribution in [2.24, 2.45) is 0 Å². The van der Waals surface area contributed by atoms with E-state index >= 15 is 0 Å². The summed E-state index contributed by atoms with van der Waals surface area (Å²) < 4.78 is 4.43. The van der Waals surface area contributed by atoms with Crippen LogP contribution in [0.5, 0.6) is 0 Å². The molecule has 1 rings (SSSR count). The molecule has 2 N–H and O–H groups in total. The van der Waals surface area contributed by atoms with Gasteiger partial charge in [0.2, 0.25) is 0 Å². The molecule has 0 spiro atoms.